The van der Waals surface area contributed by atoms with E-state index >= 15 is 0 Å². The molecule has 11 heteroatoms. The Morgan fingerprint density at radius 1 is 0.875 bits per heavy atom. The normalized spacial score (nSPS) is 13.0. The van der Waals surface area contributed by atoms with Crippen LogP contribution in [0.2, 0.25) is 0 Å². The van der Waals surface area contributed by atoms with Gasteiger partial charge in [0.2, 0.25) is 0 Å². The summed E-state index contributed by atoms with van der Waals surface area (Å²) in [5.74, 6) is -1.25. The molecule has 0 aromatic heterocycles. The summed E-state index contributed by atoms with van der Waals surface area (Å²) in [6.45, 7) is 14.1. The molecular weight excluding hydrogens is 522 g/mol. The van der Waals surface area contributed by atoms with Gasteiger partial charge in [-0.05, 0) is 78.0 Å². The maximum Gasteiger partial charge on any atom is 0.514 e. The van der Waals surface area contributed by atoms with Crippen LogP contribution in [-0.4, -0.2) is 54.2 Å². The van der Waals surface area contributed by atoms with Crippen LogP contribution in [0.5, 0.6) is 11.5 Å². The summed E-state index contributed by atoms with van der Waals surface area (Å²) < 4.78 is 31.8. The lowest BCUT2D eigenvalue weighted by molar-refractivity contribution is -0.159. The first kappa shape index (κ1) is 34.7. The SMILES string of the molecule is CCCCC(=O)OC[C@H](C)OC(=O)[C@@H](N)Cc1ccc(OC(=O)OC(C)(C)CC)c(OC(=O)OC(C)(C)CC)c1. The lowest BCUT2D eigenvalue weighted by atomic mass is 10.1. The molecular formula is C29H45NO10. The van der Waals surface area contributed by atoms with Crippen LogP contribution in [0.15, 0.2) is 18.2 Å². The van der Waals surface area contributed by atoms with E-state index < -0.39 is 41.6 Å². The highest BCUT2D eigenvalue weighted by Gasteiger charge is 2.27. The van der Waals surface area contributed by atoms with E-state index in [1.54, 1.807) is 40.7 Å². The molecule has 0 amide bonds. The van der Waals surface area contributed by atoms with E-state index in [-0.39, 0.29) is 30.5 Å². The highest BCUT2D eigenvalue weighted by molar-refractivity contribution is 5.76. The summed E-state index contributed by atoms with van der Waals surface area (Å²) in [7, 11) is 0. The molecule has 0 spiro atoms. The van der Waals surface area contributed by atoms with Gasteiger partial charge in [-0.1, -0.05) is 33.3 Å². The van der Waals surface area contributed by atoms with Crippen LogP contribution in [0.25, 0.3) is 0 Å². The molecule has 2 N–H and O–H groups in total. The molecule has 0 bridgehead atoms. The molecule has 0 aliphatic heterocycles. The molecule has 1 rings (SSSR count). The topological polar surface area (TPSA) is 150 Å². The number of nitrogens with two attached hydrogens (primary N) is 1. The van der Waals surface area contributed by atoms with E-state index in [2.05, 4.69) is 0 Å². The Balaban J connectivity index is 2.97. The minimum atomic E-state index is -1.07. The molecule has 1 aromatic rings. The zero-order valence-electron chi connectivity index (χ0n) is 25.0. The fraction of sp³-hybridized carbons (Fsp3) is 0.655. The average Bonchev–Trinajstić information content (AvgIpc) is 2.86. The quantitative estimate of drug-likeness (QED) is 0.160. The first-order valence-corrected chi connectivity index (χ1v) is 13.7. The van der Waals surface area contributed by atoms with Gasteiger partial charge >= 0.3 is 24.2 Å². The van der Waals surface area contributed by atoms with Crippen molar-refractivity contribution >= 4 is 24.2 Å². The zero-order chi connectivity index (χ0) is 30.5. The van der Waals surface area contributed by atoms with Crippen molar-refractivity contribution in [2.45, 2.75) is 117 Å². The molecule has 0 aliphatic carbocycles. The van der Waals surface area contributed by atoms with Gasteiger partial charge in [-0.25, -0.2) is 9.59 Å². The number of unbranched alkanes of at least 4 members (excludes halogenated alkanes) is 1. The van der Waals surface area contributed by atoms with Crippen molar-refractivity contribution in [2.24, 2.45) is 5.73 Å². The van der Waals surface area contributed by atoms with E-state index in [1.165, 1.54) is 12.1 Å². The minimum absolute atomic E-state index is 0.0152. The molecule has 0 aliphatic rings. The van der Waals surface area contributed by atoms with Gasteiger partial charge in [-0.3, -0.25) is 9.59 Å². The van der Waals surface area contributed by atoms with Crippen molar-refractivity contribution in [3.63, 3.8) is 0 Å². The lowest BCUT2D eigenvalue weighted by Gasteiger charge is -2.24. The van der Waals surface area contributed by atoms with Gasteiger partial charge in [-0.2, -0.15) is 0 Å². The van der Waals surface area contributed by atoms with Gasteiger partial charge < -0.3 is 34.2 Å². The Bertz CT molecular complexity index is 1000. The number of ether oxygens (including phenoxy) is 6. The van der Waals surface area contributed by atoms with Crippen molar-refractivity contribution in [1.29, 1.82) is 0 Å². The van der Waals surface area contributed by atoms with Gasteiger partial charge in [0.25, 0.3) is 0 Å². The Morgan fingerprint density at radius 2 is 1.43 bits per heavy atom. The van der Waals surface area contributed by atoms with Crippen molar-refractivity contribution in [3.8, 4) is 11.5 Å². The third-order valence-corrected chi connectivity index (χ3v) is 6.11. The fourth-order valence-electron chi connectivity index (χ4n) is 2.92. The Hall–Kier alpha value is -3.34. The van der Waals surface area contributed by atoms with Crippen LogP contribution in [0.4, 0.5) is 9.59 Å². The molecule has 0 radical (unpaired) electrons. The predicted molar refractivity (Wildman–Crippen MR) is 147 cm³/mol. The first-order chi connectivity index (χ1) is 18.6. The van der Waals surface area contributed by atoms with Gasteiger partial charge in [0.1, 0.15) is 30.0 Å². The molecule has 226 valence electrons. The molecule has 0 unspecified atom stereocenters. The summed E-state index contributed by atoms with van der Waals surface area (Å²) in [4.78, 5) is 49.1. The maximum absolute atomic E-state index is 12.5. The van der Waals surface area contributed by atoms with Crippen molar-refractivity contribution in [2.75, 3.05) is 6.61 Å². The number of benzene rings is 1. The highest BCUT2D eigenvalue weighted by atomic mass is 16.8. The number of hydrogen-bond donors (Lipinski definition) is 1. The maximum atomic E-state index is 12.5. The molecule has 2 atom stereocenters. The van der Waals surface area contributed by atoms with Crippen LogP contribution in [0, 0.1) is 0 Å². The monoisotopic (exact) mass is 567 g/mol. The predicted octanol–water partition coefficient (Wildman–Crippen LogP) is 5.63. The smallest absolute Gasteiger partial charge is 0.462 e. The molecule has 40 heavy (non-hydrogen) atoms. The number of hydrogen-bond acceptors (Lipinski definition) is 11. The van der Waals surface area contributed by atoms with E-state index in [0.717, 1.165) is 12.8 Å². The summed E-state index contributed by atoms with van der Waals surface area (Å²) in [5.41, 5.74) is 5.00. The van der Waals surface area contributed by atoms with Crippen LogP contribution in [-0.2, 0) is 35.0 Å². The third kappa shape index (κ3) is 13.1. The Kier molecular flexibility index (Phi) is 13.9. The summed E-state index contributed by atoms with van der Waals surface area (Å²) in [6.07, 6.45) is 0.341. The van der Waals surface area contributed by atoms with Crippen molar-refractivity contribution in [1.82, 2.24) is 0 Å². The van der Waals surface area contributed by atoms with Crippen LogP contribution in [0.3, 0.4) is 0 Å². The standard InChI is InChI=1S/C29H45NO10/c1-9-12-13-24(31)35-18-19(4)36-25(32)21(30)16-20-14-15-22(37-26(33)39-28(5,6)10-2)23(17-20)38-27(34)40-29(7,8)11-3/h14-15,17,19,21H,9-13,16,18,30H2,1-8H3/t19-,21-/m0/s1. The fourth-order valence-corrected chi connectivity index (χ4v) is 2.92. The average molecular weight is 568 g/mol. The second-order valence-corrected chi connectivity index (χ2v) is 10.8. The van der Waals surface area contributed by atoms with Gasteiger partial charge in [0.05, 0.1) is 0 Å². The van der Waals surface area contributed by atoms with Gasteiger partial charge in [0, 0.05) is 6.42 Å². The number of esters is 2. The van der Waals surface area contributed by atoms with Gasteiger partial charge in [-0.15, -0.1) is 0 Å². The Labute approximate surface area is 236 Å². The van der Waals surface area contributed by atoms with E-state index in [1.807, 2.05) is 20.8 Å². The largest absolute Gasteiger partial charge is 0.514 e. The van der Waals surface area contributed by atoms with Crippen molar-refractivity contribution in [3.05, 3.63) is 23.8 Å². The highest BCUT2D eigenvalue weighted by Crippen LogP contribution is 2.31. The van der Waals surface area contributed by atoms with E-state index in [9.17, 15) is 19.2 Å². The second kappa shape index (κ2) is 16.1. The summed E-state index contributed by atoms with van der Waals surface area (Å²) in [5, 5.41) is 0. The molecule has 0 saturated carbocycles. The zero-order valence-corrected chi connectivity index (χ0v) is 25.0. The Morgan fingerprint density at radius 3 is 1.95 bits per heavy atom. The number of rotatable bonds is 15. The lowest BCUT2D eigenvalue weighted by Crippen LogP contribution is -2.37. The third-order valence-electron chi connectivity index (χ3n) is 6.11. The second-order valence-electron chi connectivity index (χ2n) is 10.8. The molecule has 0 fully saturated rings. The van der Waals surface area contributed by atoms with Crippen LogP contribution in [0.1, 0.15) is 93.1 Å². The first-order valence-electron chi connectivity index (χ1n) is 13.7. The summed E-state index contributed by atoms with van der Waals surface area (Å²) in [6, 6.07) is 3.31. The van der Waals surface area contributed by atoms with Crippen LogP contribution >= 0.6 is 0 Å². The number of carbonyl (C=O) groups excluding carboxylic acids is 4. The van der Waals surface area contributed by atoms with Gasteiger partial charge in [0.15, 0.2) is 11.5 Å². The molecule has 0 saturated heterocycles. The molecule has 0 heterocycles. The number of carbonyl (C=O) groups is 4. The van der Waals surface area contributed by atoms with Crippen LogP contribution < -0.4 is 15.2 Å². The molecule has 11 nitrogen and oxygen atoms in total. The minimum Gasteiger partial charge on any atom is -0.462 e. The molecule has 1 aromatic carbocycles. The summed E-state index contributed by atoms with van der Waals surface area (Å²) >= 11 is 0. The van der Waals surface area contributed by atoms with Crippen molar-refractivity contribution < 1.29 is 47.6 Å². The van der Waals surface area contributed by atoms with E-state index in [4.69, 9.17) is 34.2 Å². The van der Waals surface area contributed by atoms with E-state index in [0.29, 0.717) is 24.8 Å².